The molecule has 1 heterocycles. The number of unbranched alkanes of at least 4 members (excludes halogenated alkanes) is 2. The van der Waals surface area contributed by atoms with Crippen LogP contribution in [0.2, 0.25) is 0 Å². The first-order valence-corrected chi connectivity index (χ1v) is 17.8. The second-order valence-electron chi connectivity index (χ2n) is 12.0. The van der Waals surface area contributed by atoms with Crippen molar-refractivity contribution >= 4 is 29.1 Å². The Kier molecular flexibility index (Phi) is 27.1. The standard InChI is InChI=1S/C18H31FN4O3.C7H14.C7H8.C6H5NS/c1-5-6-7-8-11-20-18(26)15(2)21-16(24)9-10-17(25)23(4)13-12-22(3)14-19;2*1-7-5-3-2-4-6-7;1-2-3-6-4-8-5-7-6/h1,15H,6-14H2,2-4H3,(H,20,26)(H,21,24);7H,2-6H2,1H3;2-6H,1H3;1,4-5H,3H2. The normalized spacial score (nSPS) is 12.6. The fourth-order valence-corrected chi connectivity index (χ4v) is 4.84. The molecule has 3 rings (SSSR count). The minimum atomic E-state index is -0.666. The van der Waals surface area contributed by atoms with E-state index < -0.39 is 12.8 Å². The molecule has 1 aromatic carbocycles. The molecule has 1 aliphatic rings. The molecule has 1 saturated carbocycles. The average molecular weight is 684 g/mol. The van der Waals surface area contributed by atoms with Gasteiger partial charge in [-0.15, -0.1) is 36.0 Å². The number of thiazole rings is 1. The zero-order valence-corrected chi connectivity index (χ0v) is 30.6. The predicted octanol–water partition coefficient (Wildman–Crippen LogP) is 6.41. The highest BCUT2D eigenvalue weighted by molar-refractivity contribution is 7.07. The Balaban J connectivity index is 0.000000789. The monoisotopic (exact) mass is 683 g/mol. The van der Waals surface area contributed by atoms with Crippen molar-refractivity contribution < 1.29 is 18.8 Å². The molecule has 2 aromatic rings. The maximum atomic E-state index is 12.3. The van der Waals surface area contributed by atoms with E-state index >= 15 is 0 Å². The predicted molar refractivity (Wildman–Crippen MR) is 197 cm³/mol. The maximum absolute atomic E-state index is 12.3. The SMILES string of the molecule is C#CCCCCNC(=O)C(C)NC(=O)CCC(=O)N(C)CCN(C)CF.C#CCc1cscn1.CC1CCCCC1.Cc1ccccc1. The minimum Gasteiger partial charge on any atom is -0.354 e. The van der Waals surface area contributed by atoms with Gasteiger partial charge in [-0.1, -0.05) is 74.9 Å². The van der Waals surface area contributed by atoms with Crippen molar-refractivity contribution in [3.05, 3.63) is 52.5 Å². The van der Waals surface area contributed by atoms with Gasteiger partial charge >= 0.3 is 0 Å². The Labute approximate surface area is 293 Å². The van der Waals surface area contributed by atoms with Gasteiger partial charge < -0.3 is 15.5 Å². The second-order valence-corrected chi connectivity index (χ2v) is 12.7. The summed E-state index contributed by atoms with van der Waals surface area (Å²) in [4.78, 5) is 42.6. The van der Waals surface area contributed by atoms with Gasteiger partial charge in [0.1, 0.15) is 12.8 Å². The maximum Gasteiger partial charge on any atom is 0.242 e. The molecule has 1 atom stereocenters. The molecule has 10 heteroatoms. The van der Waals surface area contributed by atoms with Gasteiger partial charge in [-0.05, 0) is 39.7 Å². The van der Waals surface area contributed by atoms with Crippen LogP contribution in [0.25, 0.3) is 0 Å². The fraction of sp³-hybridized carbons (Fsp3) is 0.579. The van der Waals surface area contributed by atoms with Crippen LogP contribution in [-0.2, 0) is 20.8 Å². The van der Waals surface area contributed by atoms with E-state index in [1.807, 2.05) is 23.6 Å². The number of amides is 3. The third-order valence-electron chi connectivity index (χ3n) is 7.43. The first kappa shape index (κ1) is 44.3. The summed E-state index contributed by atoms with van der Waals surface area (Å²) in [5, 5.41) is 7.26. The highest BCUT2D eigenvalue weighted by Crippen LogP contribution is 2.22. The summed E-state index contributed by atoms with van der Waals surface area (Å²) in [5.74, 6) is 5.26. The molecule has 2 N–H and O–H groups in total. The van der Waals surface area contributed by atoms with Crippen molar-refractivity contribution in [1.29, 1.82) is 0 Å². The van der Waals surface area contributed by atoms with E-state index in [0.29, 0.717) is 32.5 Å². The van der Waals surface area contributed by atoms with Crippen molar-refractivity contribution in [3.63, 3.8) is 0 Å². The Bertz CT molecular complexity index is 1190. The van der Waals surface area contributed by atoms with Gasteiger partial charge in [-0.2, -0.15) is 0 Å². The minimum absolute atomic E-state index is 0.00190. The zero-order valence-electron chi connectivity index (χ0n) is 29.8. The smallest absolute Gasteiger partial charge is 0.242 e. The lowest BCUT2D eigenvalue weighted by molar-refractivity contribution is -0.133. The molecule has 266 valence electrons. The number of halogens is 1. The molecule has 0 spiro atoms. The number of alkyl halides is 1. The van der Waals surface area contributed by atoms with Crippen LogP contribution < -0.4 is 10.6 Å². The van der Waals surface area contributed by atoms with Crippen LogP contribution in [0.1, 0.15) is 89.3 Å². The lowest BCUT2D eigenvalue weighted by atomic mass is 9.91. The van der Waals surface area contributed by atoms with Gasteiger partial charge in [0.05, 0.1) is 17.6 Å². The van der Waals surface area contributed by atoms with Crippen molar-refractivity contribution in [2.75, 3.05) is 40.5 Å². The van der Waals surface area contributed by atoms with E-state index in [2.05, 4.69) is 53.4 Å². The summed E-state index contributed by atoms with van der Waals surface area (Å²) in [7, 11) is 3.23. The van der Waals surface area contributed by atoms with Crippen molar-refractivity contribution in [3.8, 4) is 24.7 Å². The Morgan fingerprint density at radius 2 is 1.73 bits per heavy atom. The Morgan fingerprint density at radius 1 is 1.04 bits per heavy atom. The number of terminal acetylenes is 2. The molecule has 0 bridgehead atoms. The molecule has 3 amide bonds. The van der Waals surface area contributed by atoms with Gasteiger partial charge in [0.2, 0.25) is 17.7 Å². The summed E-state index contributed by atoms with van der Waals surface area (Å²) in [5.41, 5.74) is 4.10. The lowest BCUT2D eigenvalue weighted by Crippen LogP contribution is -2.45. The van der Waals surface area contributed by atoms with E-state index in [1.54, 1.807) is 37.9 Å². The van der Waals surface area contributed by atoms with Crippen LogP contribution in [-0.4, -0.2) is 79.1 Å². The zero-order chi connectivity index (χ0) is 36.0. The van der Waals surface area contributed by atoms with E-state index in [-0.39, 0.29) is 30.6 Å². The molecular formula is C38H58FN5O3S. The lowest BCUT2D eigenvalue weighted by Gasteiger charge is -2.20. The first-order valence-electron chi connectivity index (χ1n) is 16.8. The van der Waals surface area contributed by atoms with Crippen LogP contribution in [0.3, 0.4) is 0 Å². The first-order chi connectivity index (χ1) is 23.0. The van der Waals surface area contributed by atoms with Crippen LogP contribution in [0.4, 0.5) is 4.39 Å². The van der Waals surface area contributed by atoms with Crippen molar-refractivity contribution in [2.45, 2.75) is 97.4 Å². The second kappa shape index (κ2) is 29.4. The quantitative estimate of drug-likeness (QED) is 0.136. The third kappa shape index (κ3) is 25.4. The van der Waals surface area contributed by atoms with Gasteiger partial charge in [-0.25, -0.2) is 9.37 Å². The number of carbonyl (C=O) groups is 3. The van der Waals surface area contributed by atoms with Crippen LogP contribution in [0.5, 0.6) is 0 Å². The number of hydrogen-bond donors (Lipinski definition) is 2. The number of aryl methyl sites for hydroxylation is 1. The van der Waals surface area contributed by atoms with Gasteiger partial charge in [0.25, 0.3) is 0 Å². The number of likely N-dealkylation sites (N-methyl/N-ethyl adjacent to an activating group) is 2. The van der Waals surface area contributed by atoms with E-state index in [0.717, 1.165) is 24.5 Å². The molecule has 8 nitrogen and oxygen atoms in total. The van der Waals surface area contributed by atoms with E-state index in [4.69, 9.17) is 12.8 Å². The molecule has 48 heavy (non-hydrogen) atoms. The highest BCUT2D eigenvalue weighted by atomic mass is 32.1. The summed E-state index contributed by atoms with van der Waals surface area (Å²) in [6, 6.07) is 9.60. The summed E-state index contributed by atoms with van der Waals surface area (Å²) >= 11 is 1.57. The third-order valence-corrected chi connectivity index (χ3v) is 8.07. The average Bonchev–Trinajstić information content (AvgIpc) is 3.61. The molecular weight excluding hydrogens is 626 g/mol. The number of carbonyl (C=O) groups excluding carboxylic acids is 3. The van der Waals surface area contributed by atoms with Gasteiger partial charge in [-0.3, -0.25) is 19.3 Å². The molecule has 1 fully saturated rings. The molecule has 0 radical (unpaired) electrons. The number of aromatic nitrogens is 1. The van der Waals surface area contributed by atoms with Crippen molar-refractivity contribution in [1.82, 2.24) is 25.4 Å². The number of nitrogens with one attached hydrogen (secondary N) is 2. The Hall–Kier alpha value is -3.73. The van der Waals surface area contributed by atoms with Crippen LogP contribution >= 0.6 is 11.3 Å². The summed E-state index contributed by atoms with van der Waals surface area (Å²) in [6.45, 7) is 6.78. The van der Waals surface area contributed by atoms with Crippen molar-refractivity contribution in [2.24, 2.45) is 5.92 Å². The largest absolute Gasteiger partial charge is 0.354 e. The molecule has 0 aliphatic heterocycles. The van der Waals surface area contributed by atoms with Crippen LogP contribution in [0, 0.1) is 37.5 Å². The Morgan fingerprint density at radius 3 is 2.23 bits per heavy atom. The summed E-state index contributed by atoms with van der Waals surface area (Å²) < 4.78 is 12.3. The van der Waals surface area contributed by atoms with E-state index in [1.165, 1.54) is 47.5 Å². The number of rotatable bonds is 14. The number of nitrogens with zero attached hydrogens (tertiary/aromatic N) is 3. The molecule has 1 aliphatic carbocycles. The van der Waals surface area contributed by atoms with Gasteiger partial charge in [0.15, 0.2) is 0 Å². The fourth-order valence-electron chi connectivity index (χ4n) is 4.28. The number of benzene rings is 1. The molecule has 1 unspecified atom stereocenters. The van der Waals surface area contributed by atoms with Gasteiger partial charge in [0, 0.05) is 51.3 Å². The number of hydrogen-bond acceptors (Lipinski definition) is 6. The van der Waals surface area contributed by atoms with Crippen LogP contribution in [0.15, 0.2) is 41.2 Å². The summed E-state index contributed by atoms with van der Waals surface area (Å²) in [6.07, 6.45) is 20.6. The molecule has 1 aromatic heterocycles. The molecule has 0 saturated heterocycles. The topological polar surface area (TPSA) is 94.6 Å². The van der Waals surface area contributed by atoms with E-state index in [9.17, 15) is 18.8 Å². The highest BCUT2D eigenvalue weighted by Gasteiger charge is 2.17.